The first-order valence-corrected chi connectivity index (χ1v) is 6.93. The number of hydrogen-bond acceptors (Lipinski definition) is 2. The lowest BCUT2D eigenvalue weighted by atomic mass is 9.66. The number of alkyl halides is 12. The van der Waals surface area contributed by atoms with E-state index in [0.717, 1.165) is 0 Å². The summed E-state index contributed by atoms with van der Waals surface area (Å²) >= 11 is 0. The van der Waals surface area contributed by atoms with Gasteiger partial charge in [-0.2, -0.15) is 52.7 Å². The lowest BCUT2D eigenvalue weighted by molar-refractivity contribution is -0.403. The maximum absolute atomic E-state index is 12.8. The van der Waals surface area contributed by atoms with E-state index in [2.05, 4.69) is 0 Å². The van der Waals surface area contributed by atoms with Crippen molar-refractivity contribution in [2.45, 2.75) is 61.6 Å². The molecule has 0 aromatic rings. The largest absolute Gasteiger partial charge is 0.426 e. The van der Waals surface area contributed by atoms with Gasteiger partial charge >= 0.3 is 24.7 Å². The average molecular weight is 416 g/mol. The molecule has 2 nitrogen and oxygen atoms in total. The molecule has 0 aliphatic heterocycles. The third kappa shape index (κ3) is 3.45. The molecule has 0 aromatic heterocycles. The summed E-state index contributed by atoms with van der Waals surface area (Å²) in [7, 11) is 0. The predicted molar refractivity (Wildman–Crippen MR) is 59.6 cm³/mol. The summed E-state index contributed by atoms with van der Waals surface area (Å²) in [5.74, 6) is -6.09. The average Bonchev–Trinajstić information content (AvgIpc) is 2.40. The SMILES string of the molecule is OC(C1CCC[C@@H](C(O)(C(F)(F)F)C(F)(F)F)C1)(C(F)(F)F)C(F)(F)F. The van der Waals surface area contributed by atoms with Gasteiger partial charge < -0.3 is 10.2 Å². The van der Waals surface area contributed by atoms with Crippen LogP contribution in [-0.2, 0) is 0 Å². The molecule has 26 heavy (non-hydrogen) atoms. The Bertz CT molecular complexity index is 428. The zero-order valence-electron chi connectivity index (χ0n) is 12.4. The molecule has 2 N–H and O–H groups in total. The quantitative estimate of drug-likeness (QED) is 0.651. The van der Waals surface area contributed by atoms with Crippen LogP contribution in [0.5, 0.6) is 0 Å². The molecular weight excluding hydrogens is 404 g/mol. The van der Waals surface area contributed by atoms with E-state index >= 15 is 0 Å². The van der Waals surface area contributed by atoms with Gasteiger partial charge in [-0.25, -0.2) is 0 Å². The first-order chi connectivity index (χ1) is 11.2. The molecule has 1 aliphatic rings. The van der Waals surface area contributed by atoms with Crippen molar-refractivity contribution in [3.63, 3.8) is 0 Å². The normalized spacial score (nSPS) is 24.7. The van der Waals surface area contributed by atoms with Crippen LogP contribution < -0.4 is 0 Å². The van der Waals surface area contributed by atoms with E-state index in [0.29, 0.717) is 0 Å². The van der Waals surface area contributed by atoms with E-state index in [1.807, 2.05) is 0 Å². The fraction of sp³-hybridized carbons (Fsp3) is 1.00. The van der Waals surface area contributed by atoms with Crippen LogP contribution in [0.1, 0.15) is 25.7 Å². The fourth-order valence-electron chi connectivity index (χ4n) is 3.20. The maximum atomic E-state index is 12.8. The molecule has 1 rings (SSSR count). The summed E-state index contributed by atoms with van der Waals surface area (Å²) in [5.41, 5.74) is -11.0. The van der Waals surface area contributed by atoms with E-state index in [1.54, 1.807) is 0 Å². The fourth-order valence-corrected chi connectivity index (χ4v) is 3.20. The van der Waals surface area contributed by atoms with Crippen LogP contribution >= 0.6 is 0 Å². The highest BCUT2D eigenvalue weighted by atomic mass is 19.4. The van der Waals surface area contributed by atoms with Crippen LogP contribution in [0, 0.1) is 11.8 Å². The molecule has 0 amide bonds. The summed E-state index contributed by atoms with van der Waals surface area (Å²) in [4.78, 5) is 0. The number of rotatable bonds is 2. The summed E-state index contributed by atoms with van der Waals surface area (Å²) in [6.45, 7) is 0. The third-order valence-corrected chi connectivity index (χ3v) is 4.58. The van der Waals surface area contributed by atoms with Gasteiger partial charge in [0.15, 0.2) is 0 Å². The van der Waals surface area contributed by atoms with Gasteiger partial charge in [-0.15, -0.1) is 0 Å². The summed E-state index contributed by atoms with van der Waals surface area (Å²) < 4.78 is 154. The second-order valence-corrected chi connectivity index (χ2v) is 6.08. The molecule has 14 heteroatoms. The zero-order valence-corrected chi connectivity index (χ0v) is 12.4. The van der Waals surface area contributed by atoms with Crippen molar-refractivity contribution >= 4 is 0 Å². The molecule has 2 atom stereocenters. The molecule has 0 spiro atoms. The first-order valence-electron chi connectivity index (χ1n) is 6.93. The van der Waals surface area contributed by atoms with Gasteiger partial charge in [0.05, 0.1) is 0 Å². The topological polar surface area (TPSA) is 40.5 Å². The standard InChI is InChI=1S/C12H12F12O2/c13-9(14,15)7(25,10(16,17)18)5-2-1-3-6(4-5)8(26,11(19,20)21)12(22,23)24/h5-6,25-26H,1-4H2/t5-,6?/m1/s1. The van der Waals surface area contributed by atoms with Crippen molar-refractivity contribution in [1.82, 2.24) is 0 Å². The molecule has 0 radical (unpaired) electrons. The zero-order chi connectivity index (χ0) is 21.0. The van der Waals surface area contributed by atoms with Crippen LogP contribution in [-0.4, -0.2) is 46.1 Å². The van der Waals surface area contributed by atoms with E-state index in [9.17, 15) is 62.9 Å². The molecule has 1 saturated carbocycles. The summed E-state index contributed by atoms with van der Waals surface area (Å²) in [6, 6.07) is 0. The maximum Gasteiger partial charge on any atom is 0.426 e. The van der Waals surface area contributed by atoms with Crippen molar-refractivity contribution in [3.8, 4) is 0 Å². The van der Waals surface area contributed by atoms with Crippen molar-refractivity contribution in [2.75, 3.05) is 0 Å². The molecule has 0 heterocycles. The van der Waals surface area contributed by atoms with E-state index in [4.69, 9.17) is 0 Å². The summed E-state index contributed by atoms with van der Waals surface area (Å²) in [5, 5.41) is 18.4. The lowest BCUT2D eigenvalue weighted by Crippen LogP contribution is -2.66. The van der Waals surface area contributed by atoms with Gasteiger partial charge in [0.1, 0.15) is 0 Å². The highest BCUT2D eigenvalue weighted by molar-refractivity contribution is 5.06. The second kappa shape index (κ2) is 6.31. The minimum absolute atomic E-state index is 0.918. The molecule has 156 valence electrons. The Balaban J connectivity index is 3.39. The van der Waals surface area contributed by atoms with Crippen LogP contribution in [0.4, 0.5) is 52.7 Å². The van der Waals surface area contributed by atoms with Crippen molar-refractivity contribution in [1.29, 1.82) is 0 Å². The van der Waals surface area contributed by atoms with Crippen LogP contribution in [0.15, 0.2) is 0 Å². The van der Waals surface area contributed by atoms with Crippen LogP contribution in [0.25, 0.3) is 0 Å². The summed E-state index contributed by atoms with van der Waals surface area (Å²) in [6.07, 6.45) is -30.7. The molecule has 1 unspecified atom stereocenters. The van der Waals surface area contributed by atoms with Crippen LogP contribution in [0.3, 0.4) is 0 Å². The van der Waals surface area contributed by atoms with Crippen LogP contribution in [0.2, 0.25) is 0 Å². The third-order valence-electron chi connectivity index (χ3n) is 4.58. The molecule has 0 aromatic carbocycles. The molecule has 1 aliphatic carbocycles. The van der Waals surface area contributed by atoms with Gasteiger partial charge in [-0.3, -0.25) is 0 Å². The highest BCUT2D eigenvalue weighted by Gasteiger charge is 2.77. The Hall–Kier alpha value is -0.920. The minimum atomic E-state index is -6.40. The van der Waals surface area contributed by atoms with E-state index in [1.165, 1.54) is 0 Å². The number of halogens is 12. The first kappa shape index (κ1) is 23.1. The Morgan fingerprint density at radius 2 is 0.731 bits per heavy atom. The van der Waals surface area contributed by atoms with Crippen molar-refractivity contribution in [2.24, 2.45) is 11.8 Å². The Morgan fingerprint density at radius 3 is 0.923 bits per heavy atom. The Kier molecular flexibility index (Phi) is 5.61. The highest BCUT2D eigenvalue weighted by Crippen LogP contribution is 2.57. The number of aliphatic hydroxyl groups is 2. The molecular formula is C12H12F12O2. The molecule has 0 saturated heterocycles. The van der Waals surface area contributed by atoms with Gasteiger partial charge in [0.2, 0.25) is 0 Å². The Labute approximate surface area is 137 Å². The second-order valence-electron chi connectivity index (χ2n) is 6.08. The predicted octanol–water partition coefficient (Wildman–Crippen LogP) is 4.50. The van der Waals surface area contributed by atoms with Crippen molar-refractivity contribution in [3.05, 3.63) is 0 Å². The van der Waals surface area contributed by atoms with Gasteiger partial charge in [0, 0.05) is 11.8 Å². The van der Waals surface area contributed by atoms with Gasteiger partial charge in [-0.05, 0) is 19.3 Å². The number of hydrogen-bond donors (Lipinski definition) is 2. The minimum Gasteiger partial charge on any atom is -0.373 e. The molecule has 1 fully saturated rings. The van der Waals surface area contributed by atoms with Crippen molar-refractivity contribution < 1.29 is 62.9 Å². The monoisotopic (exact) mass is 416 g/mol. The lowest BCUT2D eigenvalue weighted by Gasteiger charge is -2.46. The van der Waals surface area contributed by atoms with E-state index in [-0.39, 0.29) is 0 Å². The van der Waals surface area contributed by atoms with E-state index < -0.39 is 73.4 Å². The smallest absolute Gasteiger partial charge is 0.373 e. The Morgan fingerprint density at radius 1 is 0.500 bits per heavy atom. The van der Waals surface area contributed by atoms with Gasteiger partial charge in [-0.1, -0.05) is 6.42 Å². The molecule has 0 bridgehead atoms. The van der Waals surface area contributed by atoms with Gasteiger partial charge in [0.25, 0.3) is 11.2 Å².